The van der Waals surface area contributed by atoms with Crippen LogP contribution in [0.25, 0.3) is 0 Å². The van der Waals surface area contributed by atoms with Crippen molar-refractivity contribution >= 4 is 21.9 Å². The van der Waals surface area contributed by atoms with Gasteiger partial charge in [0.2, 0.25) is 10.0 Å². The van der Waals surface area contributed by atoms with Crippen molar-refractivity contribution in [3.05, 3.63) is 24.3 Å². The number of hydrogen-bond donors (Lipinski definition) is 1. The summed E-state index contributed by atoms with van der Waals surface area (Å²) in [5.41, 5.74) is 0. The molecular weight excluding hydrogens is 412 g/mol. The van der Waals surface area contributed by atoms with E-state index in [9.17, 15) is 23.1 Å². The van der Waals surface area contributed by atoms with Crippen LogP contribution in [0.3, 0.4) is 0 Å². The fourth-order valence-electron chi connectivity index (χ4n) is 3.79. The predicted molar refractivity (Wildman–Crippen MR) is 107 cm³/mol. The van der Waals surface area contributed by atoms with Gasteiger partial charge in [0.1, 0.15) is 11.8 Å². The Balaban J connectivity index is 1.67. The summed E-state index contributed by atoms with van der Waals surface area (Å²) < 4.78 is 37.2. The number of esters is 1. The van der Waals surface area contributed by atoms with E-state index in [1.54, 1.807) is 4.90 Å². The Morgan fingerprint density at radius 2 is 1.73 bits per heavy atom. The van der Waals surface area contributed by atoms with Crippen molar-refractivity contribution in [1.82, 2.24) is 9.21 Å². The first-order chi connectivity index (χ1) is 14.3. The molecule has 166 valence electrons. The predicted octanol–water partition coefficient (Wildman–Crippen LogP) is 0.765. The third kappa shape index (κ3) is 5.11. The van der Waals surface area contributed by atoms with Crippen molar-refractivity contribution in [3.8, 4) is 5.75 Å². The Hall–Kier alpha value is -2.17. The lowest BCUT2D eigenvalue weighted by molar-refractivity contribution is -0.154. The molecule has 2 atom stereocenters. The molecule has 0 radical (unpaired) electrons. The van der Waals surface area contributed by atoms with Crippen LogP contribution in [0, 0.1) is 0 Å². The van der Waals surface area contributed by atoms with Crippen molar-refractivity contribution in [2.45, 2.75) is 49.1 Å². The molecule has 0 saturated carbocycles. The second-order valence-corrected chi connectivity index (χ2v) is 9.45. The van der Waals surface area contributed by atoms with E-state index in [-0.39, 0.29) is 23.8 Å². The lowest BCUT2D eigenvalue weighted by Crippen LogP contribution is -2.43. The molecule has 0 unspecified atom stereocenters. The Kier molecular flexibility index (Phi) is 7.32. The van der Waals surface area contributed by atoms with Crippen LogP contribution in [0.4, 0.5) is 0 Å². The highest BCUT2D eigenvalue weighted by molar-refractivity contribution is 7.89. The molecular formula is C20H28N2O7S. The van der Waals surface area contributed by atoms with E-state index in [4.69, 9.17) is 9.47 Å². The number of nitrogens with zero attached hydrogens (tertiary/aromatic N) is 2. The number of aliphatic hydroxyl groups excluding tert-OH is 1. The van der Waals surface area contributed by atoms with Crippen LogP contribution >= 0.6 is 0 Å². The number of β-amino-alcohol motifs (C(OH)–C–C–N with tert-alkyl or cyclic N) is 1. The highest BCUT2D eigenvalue weighted by Gasteiger charge is 2.44. The van der Waals surface area contributed by atoms with E-state index in [2.05, 4.69) is 0 Å². The summed E-state index contributed by atoms with van der Waals surface area (Å²) >= 11 is 0. The highest BCUT2D eigenvalue weighted by atomic mass is 32.2. The first kappa shape index (κ1) is 22.5. The maximum Gasteiger partial charge on any atom is 0.325 e. The molecule has 10 heteroatoms. The molecule has 0 bridgehead atoms. The second-order valence-electron chi connectivity index (χ2n) is 7.56. The van der Waals surface area contributed by atoms with E-state index >= 15 is 0 Å². The number of amides is 1. The van der Waals surface area contributed by atoms with Crippen LogP contribution < -0.4 is 4.74 Å². The van der Waals surface area contributed by atoms with E-state index in [1.807, 2.05) is 0 Å². The van der Waals surface area contributed by atoms with Crippen LogP contribution in [-0.4, -0.2) is 80.1 Å². The summed E-state index contributed by atoms with van der Waals surface area (Å²) in [4.78, 5) is 26.6. The molecule has 2 fully saturated rings. The first-order valence-corrected chi connectivity index (χ1v) is 11.6. The minimum absolute atomic E-state index is 0.0177. The zero-order valence-corrected chi connectivity index (χ0v) is 17.8. The number of likely N-dealkylation sites (tertiary alicyclic amines) is 1. The molecule has 2 aliphatic heterocycles. The third-order valence-electron chi connectivity index (χ3n) is 5.47. The standard InChI is InChI=1S/C20H28N2O7S/c1-28-16-6-8-17(9-7-16)30(26,27)22-13-15(23)12-18(22)20(25)29-14-19(24)21-10-4-2-3-5-11-21/h6-9,15,18,23H,2-5,10-14H2,1H3/t15-,18+/m1/s1. The van der Waals surface area contributed by atoms with E-state index in [0.717, 1.165) is 30.0 Å². The van der Waals surface area contributed by atoms with Crippen molar-refractivity contribution in [1.29, 1.82) is 0 Å². The van der Waals surface area contributed by atoms with E-state index in [1.165, 1.54) is 31.4 Å². The van der Waals surface area contributed by atoms with Gasteiger partial charge in [0.15, 0.2) is 6.61 Å². The topological polar surface area (TPSA) is 113 Å². The molecule has 1 amide bonds. The Labute approximate surface area is 176 Å². The highest BCUT2D eigenvalue weighted by Crippen LogP contribution is 2.28. The lowest BCUT2D eigenvalue weighted by Gasteiger charge is -2.24. The molecule has 2 heterocycles. The molecule has 0 spiro atoms. The number of methoxy groups -OCH3 is 1. The summed E-state index contributed by atoms with van der Waals surface area (Å²) in [6.45, 7) is 0.628. The maximum atomic E-state index is 13.0. The normalized spacial score (nSPS) is 23.1. The van der Waals surface area contributed by atoms with Gasteiger partial charge in [-0.3, -0.25) is 9.59 Å². The third-order valence-corrected chi connectivity index (χ3v) is 7.36. The second kappa shape index (κ2) is 9.76. The van der Waals surface area contributed by atoms with Gasteiger partial charge in [0.05, 0.1) is 18.1 Å². The molecule has 0 aliphatic carbocycles. The molecule has 1 aromatic carbocycles. The van der Waals surface area contributed by atoms with Gasteiger partial charge >= 0.3 is 5.97 Å². The van der Waals surface area contributed by atoms with E-state index in [0.29, 0.717) is 18.8 Å². The molecule has 9 nitrogen and oxygen atoms in total. The molecule has 0 aromatic heterocycles. The molecule has 2 aliphatic rings. The summed E-state index contributed by atoms with van der Waals surface area (Å²) in [5, 5.41) is 10.0. The number of hydrogen-bond acceptors (Lipinski definition) is 7. The Morgan fingerprint density at radius 3 is 2.33 bits per heavy atom. The summed E-state index contributed by atoms with van der Waals surface area (Å²) in [6, 6.07) is 4.59. The van der Waals surface area contributed by atoms with Crippen molar-refractivity contribution in [2.24, 2.45) is 0 Å². The van der Waals surface area contributed by atoms with Crippen molar-refractivity contribution < 1.29 is 32.6 Å². The van der Waals surface area contributed by atoms with Crippen molar-refractivity contribution in [3.63, 3.8) is 0 Å². The fourth-order valence-corrected chi connectivity index (χ4v) is 5.41. The SMILES string of the molecule is COc1ccc(S(=O)(=O)N2C[C@H](O)C[C@H]2C(=O)OCC(=O)N2CCCCCC2)cc1. The zero-order valence-electron chi connectivity index (χ0n) is 17.0. The fraction of sp³-hybridized carbons (Fsp3) is 0.600. The molecule has 30 heavy (non-hydrogen) atoms. The van der Waals surface area contributed by atoms with Gasteiger partial charge in [-0.05, 0) is 37.1 Å². The average Bonchev–Trinajstić information content (AvgIpc) is 2.96. The minimum Gasteiger partial charge on any atom is -0.497 e. The molecule has 1 aromatic rings. The number of ether oxygens (including phenoxy) is 2. The lowest BCUT2D eigenvalue weighted by atomic mass is 10.2. The van der Waals surface area contributed by atoms with E-state index < -0.39 is 34.7 Å². The Bertz CT molecular complexity index is 848. The van der Waals surface area contributed by atoms with Crippen LogP contribution in [0.5, 0.6) is 5.75 Å². The molecule has 1 N–H and O–H groups in total. The number of carbonyl (C=O) groups is 2. The van der Waals surface area contributed by atoms with Gasteiger partial charge < -0.3 is 19.5 Å². The van der Waals surface area contributed by atoms with Gasteiger partial charge in [0, 0.05) is 26.1 Å². The minimum atomic E-state index is -4.03. The number of carbonyl (C=O) groups excluding carboxylic acids is 2. The summed E-state index contributed by atoms with van der Waals surface area (Å²) in [5.74, 6) is -0.612. The number of rotatable bonds is 6. The maximum absolute atomic E-state index is 13.0. The van der Waals surface area contributed by atoms with Gasteiger partial charge in [0.25, 0.3) is 5.91 Å². The number of sulfonamides is 1. The number of benzene rings is 1. The zero-order chi connectivity index (χ0) is 21.7. The molecule has 2 saturated heterocycles. The van der Waals surface area contributed by atoms with Crippen LogP contribution in [0.15, 0.2) is 29.2 Å². The van der Waals surface area contributed by atoms with Crippen LogP contribution in [0.2, 0.25) is 0 Å². The number of aliphatic hydroxyl groups is 1. The van der Waals surface area contributed by atoms with Gasteiger partial charge in [-0.1, -0.05) is 12.8 Å². The van der Waals surface area contributed by atoms with Gasteiger partial charge in [-0.25, -0.2) is 8.42 Å². The smallest absolute Gasteiger partial charge is 0.325 e. The van der Waals surface area contributed by atoms with Crippen LogP contribution in [0.1, 0.15) is 32.1 Å². The molecule has 3 rings (SSSR count). The van der Waals surface area contributed by atoms with Crippen molar-refractivity contribution in [2.75, 3.05) is 33.4 Å². The quantitative estimate of drug-likeness (QED) is 0.650. The first-order valence-electron chi connectivity index (χ1n) is 10.1. The van der Waals surface area contributed by atoms with Crippen LogP contribution in [-0.2, 0) is 24.3 Å². The van der Waals surface area contributed by atoms with Gasteiger partial charge in [-0.2, -0.15) is 4.31 Å². The monoisotopic (exact) mass is 440 g/mol. The van der Waals surface area contributed by atoms with Gasteiger partial charge in [-0.15, -0.1) is 0 Å². The largest absolute Gasteiger partial charge is 0.497 e. The summed E-state index contributed by atoms with van der Waals surface area (Å²) in [6.07, 6.45) is 2.91. The summed E-state index contributed by atoms with van der Waals surface area (Å²) in [7, 11) is -2.56. The Morgan fingerprint density at radius 1 is 1.10 bits per heavy atom. The average molecular weight is 441 g/mol.